The average Bonchev–Trinajstić information content (AvgIpc) is 3.01. The Hall–Kier alpha value is -1.18. The Morgan fingerprint density at radius 1 is 1.38 bits per heavy atom. The number of hydrogen-bond donors (Lipinski definition) is 2. The molecule has 0 aliphatic carbocycles. The van der Waals surface area contributed by atoms with Gasteiger partial charge in [-0.3, -0.25) is 4.99 Å². The number of halogens is 1. The molecular weight excluding hydrogens is 415 g/mol. The van der Waals surface area contributed by atoms with Gasteiger partial charge in [-0.05, 0) is 30.9 Å². The first-order valence-electron chi connectivity index (χ1n) is 8.49. The van der Waals surface area contributed by atoms with Gasteiger partial charge in [0.1, 0.15) is 5.75 Å². The van der Waals surface area contributed by atoms with Crippen LogP contribution in [0.1, 0.15) is 26.7 Å². The van der Waals surface area contributed by atoms with E-state index in [0.717, 1.165) is 44.2 Å². The van der Waals surface area contributed by atoms with E-state index in [1.807, 2.05) is 19.2 Å². The Balaban J connectivity index is 0.00000288. The number of methoxy groups -OCH3 is 1. The predicted octanol–water partition coefficient (Wildman–Crippen LogP) is 3.10. The lowest BCUT2D eigenvalue weighted by Gasteiger charge is -2.22. The molecule has 1 heterocycles. The second-order valence-electron chi connectivity index (χ2n) is 6.43. The molecule has 1 aliphatic heterocycles. The van der Waals surface area contributed by atoms with Crippen LogP contribution in [0.4, 0.5) is 5.69 Å². The van der Waals surface area contributed by atoms with Crippen molar-refractivity contribution in [1.82, 2.24) is 10.6 Å². The highest BCUT2D eigenvalue weighted by Gasteiger charge is 2.25. The number of nitrogens with one attached hydrogen (secondary N) is 2. The number of aliphatic imine (C=N–C) groups is 1. The summed E-state index contributed by atoms with van der Waals surface area (Å²) in [6, 6.07) is 8.61. The van der Waals surface area contributed by atoms with Crippen LogP contribution in [0.3, 0.4) is 0 Å². The number of hydrogen-bond acceptors (Lipinski definition) is 3. The Morgan fingerprint density at radius 3 is 2.79 bits per heavy atom. The van der Waals surface area contributed by atoms with Crippen LogP contribution in [0, 0.1) is 5.92 Å². The van der Waals surface area contributed by atoms with Gasteiger partial charge in [-0.25, -0.2) is 0 Å². The van der Waals surface area contributed by atoms with E-state index in [-0.39, 0.29) is 24.0 Å². The zero-order valence-corrected chi connectivity index (χ0v) is 17.5. The highest BCUT2D eigenvalue weighted by Crippen LogP contribution is 2.30. The Bertz CT molecular complexity index is 521. The van der Waals surface area contributed by atoms with E-state index in [4.69, 9.17) is 4.74 Å². The molecule has 5 nitrogen and oxygen atoms in total. The van der Waals surface area contributed by atoms with Crippen LogP contribution in [-0.2, 0) is 0 Å². The Labute approximate surface area is 163 Å². The minimum Gasteiger partial charge on any atom is -0.495 e. The van der Waals surface area contributed by atoms with Crippen molar-refractivity contribution in [3.8, 4) is 5.75 Å². The summed E-state index contributed by atoms with van der Waals surface area (Å²) >= 11 is 0. The minimum atomic E-state index is 0. The van der Waals surface area contributed by atoms with Crippen LogP contribution in [0.5, 0.6) is 5.75 Å². The molecule has 1 saturated heterocycles. The SMILES string of the molecule is CN=C(NCCC(C)C)NC1CCN(c2ccccc2OC)C1.I. The summed E-state index contributed by atoms with van der Waals surface area (Å²) < 4.78 is 5.47. The molecule has 136 valence electrons. The van der Waals surface area contributed by atoms with Gasteiger partial charge in [-0.2, -0.15) is 0 Å². The van der Waals surface area contributed by atoms with Gasteiger partial charge in [0.25, 0.3) is 0 Å². The minimum absolute atomic E-state index is 0. The van der Waals surface area contributed by atoms with E-state index in [2.05, 4.69) is 46.5 Å². The van der Waals surface area contributed by atoms with Crippen molar-refractivity contribution < 1.29 is 4.74 Å². The highest BCUT2D eigenvalue weighted by atomic mass is 127. The maximum Gasteiger partial charge on any atom is 0.191 e. The van der Waals surface area contributed by atoms with Crippen molar-refractivity contribution in [3.05, 3.63) is 24.3 Å². The Morgan fingerprint density at radius 2 is 2.12 bits per heavy atom. The second kappa shape index (κ2) is 10.6. The molecule has 1 aliphatic rings. The fourth-order valence-electron chi connectivity index (χ4n) is 2.86. The van der Waals surface area contributed by atoms with Crippen molar-refractivity contribution in [2.24, 2.45) is 10.9 Å². The van der Waals surface area contributed by atoms with Crippen molar-refractivity contribution in [1.29, 1.82) is 0 Å². The third kappa shape index (κ3) is 6.03. The molecule has 0 spiro atoms. The number of nitrogens with zero attached hydrogens (tertiary/aromatic N) is 2. The van der Waals surface area contributed by atoms with Crippen LogP contribution >= 0.6 is 24.0 Å². The standard InChI is InChI=1S/C18H30N4O.HI/c1-14(2)9-11-20-18(19-3)21-15-10-12-22(13-15)16-7-5-6-8-17(16)23-4;/h5-8,14-15H,9-13H2,1-4H3,(H2,19,20,21);1H. The maximum atomic E-state index is 5.47. The zero-order valence-electron chi connectivity index (χ0n) is 15.2. The molecule has 0 bridgehead atoms. The van der Waals surface area contributed by atoms with E-state index < -0.39 is 0 Å². The summed E-state index contributed by atoms with van der Waals surface area (Å²) in [4.78, 5) is 6.70. The third-order valence-corrected chi connectivity index (χ3v) is 4.19. The molecule has 2 N–H and O–H groups in total. The summed E-state index contributed by atoms with van der Waals surface area (Å²) in [5.74, 6) is 2.54. The number of benzene rings is 1. The van der Waals surface area contributed by atoms with Gasteiger partial charge in [0, 0.05) is 32.7 Å². The summed E-state index contributed by atoms with van der Waals surface area (Å²) in [7, 11) is 3.56. The molecule has 1 atom stereocenters. The van der Waals surface area contributed by atoms with Crippen molar-refractivity contribution in [3.63, 3.8) is 0 Å². The first-order chi connectivity index (χ1) is 11.1. The lowest BCUT2D eigenvalue weighted by atomic mass is 10.1. The number of ether oxygens (including phenoxy) is 1. The summed E-state index contributed by atoms with van der Waals surface area (Å²) in [6.07, 6.45) is 2.25. The highest BCUT2D eigenvalue weighted by molar-refractivity contribution is 14.0. The first-order valence-corrected chi connectivity index (χ1v) is 8.49. The normalized spacial score (nSPS) is 17.6. The topological polar surface area (TPSA) is 48.9 Å². The van der Waals surface area contributed by atoms with Gasteiger partial charge in [-0.1, -0.05) is 26.0 Å². The lowest BCUT2D eigenvalue weighted by molar-refractivity contribution is 0.415. The molecule has 1 aromatic rings. The number of guanidine groups is 1. The molecule has 0 aromatic heterocycles. The van der Waals surface area contributed by atoms with E-state index in [1.54, 1.807) is 7.11 Å². The molecule has 1 unspecified atom stereocenters. The van der Waals surface area contributed by atoms with Gasteiger partial charge in [0.05, 0.1) is 12.8 Å². The number of para-hydroxylation sites is 2. The maximum absolute atomic E-state index is 5.47. The molecule has 24 heavy (non-hydrogen) atoms. The second-order valence-corrected chi connectivity index (χ2v) is 6.43. The van der Waals surface area contributed by atoms with E-state index in [1.165, 1.54) is 5.69 Å². The molecule has 1 fully saturated rings. The fraction of sp³-hybridized carbons (Fsp3) is 0.611. The molecule has 2 rings (SSSR count). The molecule has 1 aromatic carbocycles. The smallest absolute Gasteiger partial charge is 0.191 e. The molecule has 0 amide bonds. The van der Waals surface area contributed by atoms with Gasteiger partial charge < -0.3 is 20.3 Å². The van der Waals surface area contributed by atoms with Gasteiger partial charge >= 0.3 is 0 Å². The van der Waals surface area contributed by atoms with Crippen LogP contribution in [0.25, 0.3) is 0 Å². The predicted molar refractivity (Wildman–Crippen MR) is 113 cm³/mol. The number of anilines is 1. The van der Waals surface area contributed by atoms with Gasteiger partial charge in [-0.15, -0.1) is 24.0 Å². The molecule has 0 saturated carbocycles. The molecule has 0 radical (unpaired) electrons. The largest absolute Gasteiger partial charge is 0.495 e. The van der Waals surface area contributed by atoms with Crippen LogP contribution in [0.15, 0.2) is 29.3 Å². The van der Waals surface area contributed by atoms with Crippen LogP contribution in [0.2, 0.25) is 0 Å². The number of rotatable bonds is 6. The summed E-state index contributed by atoms with van der Waals surface area (Å²) in [6.45, 7) is 7.42. The lowest BCUT2D eigenvalue weighted by Crippen LogP contribution is -2.45. The van der Waals surface area contributed by atoms with E-state index in [9.17, 15) is 0 Å². The van der Waals surface area contributed by atoms with Crippen molar-refractivity contribution >= 4 is 35.6 Å². The van der Waals surface area contributed by atoms with Crippen molar-refractivity contribution in [2.45, 2.75) is 32.7 Å². The fourth-order valence-corrected chi connectivity index (χ4v) is 2.86. The Kier molecular flexibility index (Phi) is 9.25. The quantitative estimate of drug-likeness (QED) is 0.401. The van der Waals surface area contributed by atoms with Crippen molar-refractivity contribution in [2.75, 3.05) is 38.7 Å². The van der Waals surface area contributed by atoms with Crippen LogP contribution < -0.4 is 20.3 Å². The third-order valence-electron chi connectivity index (χ3n) is 4.19. The first kappa shape index (κ1) is 20.9. The monoisotopic (exact) mass is 446 g/mol. The van der Waals surface area contributed by atoms with Gasteiger partial charge in [0.2, 0.25) is 0 Å². The average molecular weight is 446 g/mol. The zero-order chi connectivity index (χ0) is 16.7. The molecule has 6 heteroatoms. The van der Waals surface area contributed by atoms with E-state index in [0.29, 0.717) is 12.0 Å². The molecular formula is C18H31IN4O. The van der Waals surface area contributed by atoms with Crippen LogP contribution in [-0.4, -0.2) is 45.8 Å². The van der Waals surface area contributed by atoms with Gasteiger partial charge in [0.15, 0.2) is 5.96 Å². The summed E-state index contributed by atoms with van der Waals surface area (Å²) in [5, 5.41) is 6.93. The summed E-state index contributed by atoms with van der Waals surface area (Å²) in [5.41, 5.74) is 1.17. The van der Waals surface area contributed by atoms with E-state index >= 15 is 0 Å².